The van der Waals surface area contributed by atoms with Crippen LogP contribution in [0, 0.1) is 6.92 Å². The highest BCUT2D eigenvalue weighted by Crippen LogP contribution is 2.26. The summed E-state index contributed by atoms with van der Waals surface area (Å²) in [5, 5.41) is 2.95. The van der Waals surface area contributed by atoms with Gasteiger partial charge in [-0.15, -0.1) is 11.3 Å². The first-order valence-electron chi connectivity index (χ1n) is 9.49. The molecular weight excluding hydrogens is 419 g/mol. The predicted molar refractivity (Wildman–Crippen MR) is 106 cm³/mol. The first-order chi connectivity index (χ1) is 14.3. The Labute approximate surface area is 175 Å². The summed E-state index contributed by atoms with van der Waals surface area (Å²) < 4.78 is 45.5. The molecule has 1 aliphatic heterocycles. The van der Waals surface area contributed by atoms with Crippen LogP contribution in [-0.2, 0) is 24.4 Å². The molecule has 0 amide bonds. The van der Waals surface area contributed by atoms with Crippen LogP contribution < -0.4 is 4.90 Å². The van der Waals surface area contributed by atoms with Crippen molar-refractivity contribution < 1.29 is 17.9 Å². The van der Waals surface area contributed by atoms with E-state index in [1.54, 1.807) is 11.3 Å². The SMILES string of the molecule is Cc1csc(CN(C)Cc2nc(N3CCOCC3)c3ncn(CC(F)(F)F)c3n2)n1. The smallest absolute Gasteiger partial charge is 0.378 e. The first-order valence-corrected chi connectivity index (χ1v) is 10.4. The number of aryl methyl sites for hydroxylation is 1. The van der Waals surface area contributed by atoms with E-state index in [2.05, 4.69) is 19.9 Å². The van der Waals surface area contributed by atoms with Crippen molar-refractivity contribution in [3.63, 3.8) is 0 Å². The van der Waals surface area contributed by atoms with Gasteiger partial charge in [0.15, 0.2) is 17.0 Å². The van der Waals surface area contributed by atoms with Crippen LogP contribution in [0.25, 0.3) is 11.2 Å². The molecule has 8 nitrogen and oxygen atoms in total. The summed E-state index contributed by atoms with van der Waals surface area (Å²) in [5.74, 6) is 1.00. The molecule has 1 saturated heterocycles. The van der Waals surface area contributed by atoms with Crippen LogP contribution in [0.5, 0.6) is 0 Å². The Morgan fingerprint density at radius 1 is 1.17 bits per heavy atom. The van der Waals surface area contributed by atoms with Crippen molar-refractivity contribution in [1.29, 1.82) is 0 Å². The average Bonchev–Trinajstić information content (AvgIpc) is 3.26. The standard InChI is InChI=1S/C18H22F3N7OS/c1-12-9-30-14(23-12)8-26(2)7-13-24-16(27-3-5-29-6-4-27)15-17(25-13)28(11-22-15)10-18(19,20)21/h9,11H,3-8,10H2,1-2H3. The molecule has 3 aromatic rings. The number of imidazole rings is 1. The third kappa shape index (κ3) is 4.87. The van der Waals surface area contributed by atoms with Crippen molar-refractivity contribution in [2.75, 3.05) is 38.3 Å². The molecule has 12 heteroatoms. The Hall–Kier alpha value is -2.31. The Morgan fingerprint density at radius 3 is 2.60 bits per heavy atom. The molecule has 1 aliphatic rings. The second-order valence-corrected chi connectivity index (χ2v) is 8.22. The van der Waals surface area contributed by atoms with E-state index in [-0.39, 0.29) is 5.65 Å². The summed E-state index contributed by atoms with van der Waals surface area (Å²) >= 11 is 1.57. The number of morpholine rings is 1. The molecule has 0 spiro atoms. The van der Waals surface area contributed by atoms with Gasteiger partial charge < -0.3 is 14.2 Å². The van der Waals surface area contributed by atoms with Gasteiger partial charge in [0.05, 0.1) is 32.6 Å². The lowest BCUT2D eigenvalue weighted by Crippen LogP contribution is -2.37. The minimum absolute atomic E-state index is 0.192. The molecule has 0 atom stereocenters. The number of thiazole rings is 1. The Kier molecular flexibility index (Phi) is 5.89. The number of nitrogens with zero attached hydrogens (tertiary/aromatic N) is 7. The summed E-state index contributed by atoms with van der Waals surface area (Å²) in [5.41, 5.74) is 1.53. The van der Waals surface area contributed by atoms with Crippen molar-refractivity contribution in [3.8, 4) is 0 Å². The van der Waals surface area contributed by atoms with Crippen molar-refractivity contribution in [2.24, 2.45) is 0 Å². The number of fused-ring (bicyclic) bond motifs is 1. The molecule has 0 saturated carbocycles. The summed E-state index contributed by atoms with van der Waals surface area (Å²) in [7, 11) is 1.91. The van der Waals surface area contributed by atoms with Crippen LogP contribution in [0.2, 0.25) is 0 Å². The van der Waals surface area contributed by atoms with E-state index < -0.39 is 12.7 Å². The van der Waals surface area contributed by atoms with Gasteiger partial charge in [-0.3, -0.25) is 4.90 Å². The number of anilines is 1. The predicted octanol–water partition coefficient (Wildman–Crippen LogP) is 2.62. The van der Waals surface area contributed by atoms with Gasteiger partial charge in [0.2, 0.25) is 0 Å². The van der Waals surface area contributed by atoms with Gasteiger partial charge in [-0.2, -0.15) is 13.2 Å². The Morgan fingerprint density at radius 2 is 1.93 bits per heavy atom. The zero-order valence-corrected chi connectivity index (χ0v) is 17.5. The van der Waals surface area contributed by atoms with E-state index in [1.165, 1.54) is 6.33 Å². The van der Waals surface area contributed by atoms with Crippen LogP contribution in [0.15, 0.2) is 11.7 Å². The van der Waals surface area contributed by atoms with Crippen LogP contribution in [-0.4, -0.2) is 68.9 Å². The molecule has 0 aromatic carbocycles. The van der Waals surface area contributed by atoms with Crippen LogP contribution in [0.1, 0.15) is 16.5 Å². The Balaban J connectivity index is 1.66. The molecule has 3 aromatic heterocycles. The lowest BCUT2D eigenvalue weighted by molar-refractivity contribution is -0.140. The molecule has 0 radical (unpaired) electrons. The highest BCUT2D eigenvalue weighted by Gasteiger charge is 2.30. The topological polar surface area (TPSA) is 72.2 Å². The van der Waals surface area contributed by atoms with E-state index in [4.69, 9.17) is 4.74 Å². The lowest BCUT2D eigenvalue weighted by Gasteiger charge is -2.28. The van der Waals surface area contributed by atoms with Crippen molar-refractivity contribution >= 4 is 28.3 Å². The van der Waals surface area contributed by atoms with Crippen LogP contribution in [0.4, 0.5) is 19.0 Å². The molecule has 4 heterocycles. The fraction of sp³-hybridized carbons (Fsp3) is 0.556. The van der Waals surface area contributed by atoms with Gasteiger partial charge in [0, 0.05) is 24.2 Å². The first kappa shape index (κ1) is 20.9. The van der Waals surface area contributed by atoms with E-state index in [0.29, 0.717) is 56.6 Å². The maximum atomic E-state index is 13.0. The zero-order valence-electron chi connectivity index (χ0n) is 16.7. The van der Waals surface area contributed by atoms with Gasteiger partial charge in [0.25, 0.3) is 0 Å². The van der Waals surface area contributed by atoms with Crippen molar-refractivity contribution in [1.82, 2.24) is 29.4 Å². The molecule has 0 aliphatic carbocycles. The molecule has 0 bridgehead atoms. The lowest BCUT2D eigenvalue weighted by atomic mass is 10.3. The van der Waals surface area contributed by atoms with E-state index in [1.807, 2.05) is 29.2 Å². The maximum Gasteiger partial charge on any atom is 0.406 e. The number of alkyl halides is 3. The van der Waals surface area contributed by atoms with Gasteiger partial charge in [-0.1, -0.05) is 0 Å². The summed E-state index contributed by atoms with van der Waals surface area (Å²) in [6.45, 7) is 4.06. The third-order valence-corrected chi connectivity index (χ3v) is 5.59. The van der Waals surface area contributed by atoms with E-state index >= 15 is 0 Å². The summed E-state index contributed by atoms with van der Waals surface area (Å²) in [4.78, 5) is 21.7. The monoisotopic (exact) mass is 441 g/mol. The van der Waals surface area contributed by atoms with Crippen LogP contribution in [0.3, 0.4) is 0 Å². The van der Waals surface area contributed by atoms with Gasteiger partial charge in [-0.25, -0.2) is 19.9 Å². The fourth-order valence-corrected chi connectivity index (χ4v) is 4.20. The molecule has 162 valence electrons. The second-order valence-electron chi connectivity index (χ2n) is 7.28. The number of aromatic nitrogens is 5. The highest BCUT2D eigenvalue weighted by atomic mass is 32.1. The second kappa shape index (κ2) is 8.44. The minimum atomic E-state index is -4.36. The van der Waals surface area contributed by atoms with Gasteiger partial charge in [0.1, 0.15) is 17.4 Å². The van der Waals surface area contributed by atoms with Crippen molar-refractivity contribution in [2.45, 2.75) is 32.7 Å². The third-order valence-electron chi connectivity index (χ3n) is 4.64. The Bertz CT molecular complexity index is 1010. The summed E-state index contributed by atoms with van der Waals surface area (Å²) in [6, 6.07) is 0. The average molecular weight is 441 g/mol. The van der Waals surface area contributed by atoms with E-state index in [9.17, 15) is 13.2 Å². The number of hydrogen-bond donors (Lipinski definition) is 0. The van der Waals surface area contributed by atoms with Gasteiger partial charge in [-0.05, 0) is 14.0 Å². The molecule has 30 heavy (non-hydrogen) atoms. The molecule has 4 rings (SSSR count). The summed E-state index contributed by atoms with van der Waals surface area (Å²) in [6.07, 6.45) is -3.18. The maximum absolute atomic E-state index is 13.0. The highest BCUT2D eigenvalue weighted by molar-refractivity contribution is 7.09. The molecule has 1 fully saturated rings. The quantitative estimate of drug-likeness (QED) is 0.582. The van der Waals surface area contributed by atoms with Crippen molar-refractivity contribution in [3.05, 3.63) is 28.2 Å². The largest absolute Gasteiger partial charge is 0.406 e. The minimum Gasteiger partial charge on any atom is -0.378 e. The van der Waals surface area contributed by atoms with Gasteiger partial charge >= 0.3 is 6.18 Å². The number of hydrogen-bond acceptors (Lipinski definition) is 8. The normalized spacial score (nSPS) is 15.5. The molecule has 0 N–H and O–H groups in total. The number of rotatable bonds is 6. The number of halogens is 3. The van der Waals surface area contributed by atoms with E-state index in [0.717, 1.165) is 15.3 Å². The zero-order chi connectivity index (χ0) is 21.3. The molecule has 0 unspecified atom stereocenters. The fourth-order valence-electron chi connectivity index (χ4n) is 3.35. The van der Waals surface area contributed by atoms with Crippen LogP contribution >= 0.6 is 11.3 Å². The molecular formula is C18H22F3N7OS. The number of ether oxygens (including phenoxy) is 1.